The minimum absolute atomic E-state index is 0.385. The summed E-state index contributed by atoms with van der Waals surface area (Å²) in [6.45, 7) is 6.64. The Kier molecular flexibility index (Phi) is 3.66. The summed E-state index contributed by atoms with van der Waals surface area (Å²) >= 11 is 0. The summed E-state index contributed by atoms with van der Waals surface area (Å²) in [5, 5.41) is 12.4. The quantitative estimate of drug-likeness (QED) is 0.860. The summed E-state index contributed by atoms with van der Waals surface area (Å²) in [7, 11) is 0. The summed E-state index contributed by atoms with van der Waals surface area (Å²) in [6.07, 6.45) is 3.58. The molecule has 1 saturated carbocycles. The number of anilines is 1. The molecule has 1 aromatic carbocycles. The standard InChI is InChI=1S/C16H23N5/c1-10-6-11(2)8-14(7-10)21-16(18-19-20-21)13-5-4-12(3)15(17)9-13/h4-5,9-11,14H,6-8,17H2,1-3H3. The van der Waals surface area contributed by atoms with Gasteiger partial charge in [-0.2, -0.15) is 0 Å². The number of tetrazole rings is 1. The maximum Gasteiger partial charge on any atom is 0.182 e. The number of benzene rings is 1. The number of nitrogens with two attached hydrogens (primary N) is 1. The lowest BCUT2D eigenvalue weighted by Crippen LogP contribution is -2.24. The third-order valence-corrected chi connectivity index (χ3v) is 4.53. The van der Waals surface area contributed by atoms with Crippen molar-refractivity contribution in [2.24, 2.45) is 11.8 Å². The van der Waals surface area contributed by atoms with Crippen LogP contribution in [0.15, 0.2) is 18.2 Å². The smallest absolute Gasteiger partial charge is 0.182 e. The van der Waals surface area contributed by atoms with E-state index in [9.17, 15) is 0 Å². The zero-order chi connectivity index (χ0) is 15.0. The van der Waals surface area contributed by atoms with E-state index in [2.05, 4.69) is 29.4 Å². The van der Waals surface area contributed by atoms with Crippen molar-refractivity contribution in [1.82, 2.24) is 20.2 Å². The molecule has 3 rings (SSSR count). The Bertz CT molecular complexity index is 623. The first-order chi connectivity index (χ1) is 10.0. The van der Waals surface area contributed by atoms with Crippen molar-refractivity contribution in [2.45, 2.75) is 46.1 Å². The molecule has 112 valence electrons. The molecule has 1 aromatic heterocycles. The first-order valence-electron chi connectivity index (χ1n) is 7.69. The summed E-state index contributed by atoms with van der Waals surface area (Å²) in [4.78, 5) is 0. The van der Waals surface area contributed by atoms with Crippen LogP contribution in [0.4, 0.5) is 5.69 Å². The maximum atomic E-state index is 6.02. The molecule has 5 nitrogen and oxygen atoms in total. The molecule has 0 spiro atoms. The monoisotopic (exact) mass is 285 g/mol. The minimum atomic E-state index is 0.385. The molecule has 21 heavy (non-hydrogen) atoms. The van der Waals surface area contributed by atoms with Gasteiger partial charge in [-0.1, -0.05) is 26.0 Å². The Hall–Kier alpha value is -1.91. The molecule has 0 bridgehead atoms. The van der Waals surface area contributed by atoms with Crippen LogP contribution in [-0.2, 0) is 0 Å². The summed E-state index contributed by atoms with van der Waals surface area (Å²) in [5.74, 6) is 2.27. The zero-order valence-electron chi connectivity index (χ0n) is 13.0. The third kappa shape index (κ3) is 2.77. The van der Waals surface area contributed by atoms with Crippen LogP contribution in [0.2, 0.25) is 0 Å². The number of hydrogen-bond donors (Lipinski definition) is 1. The fourth-order valence-corrected chi connectivity index (χ4v) is 3.51. The minimum Gasteiger partial charge on any atom is -0.398 e. The number of hydrogen-bond acceptors (Lipinski definition) is 4. The van der Waals surface area contributed by atoms with Crippen molar-refractivity contribution in [3.05, 3.63) is 23.8 Å². The lowest BCUT2D eigenvalue weighted by atomic mass is 9.80. The van der Waals surface area contributed by atoms with E-state index >= 15 is 0 Å². The van der Waals surface area contributed by atoms with Crippen molar-refractivity contribution in [2.75, 3.05) is 5.73 Å². The number of rotatable bonds is 2. The predicted octanol–water partition coefficient (Wildman–Crippen LogP) is 3.23. The fourth-order valence-electron chi connectivity index (χ4n) is 3.51. The Morgan fingerprint density at radius 3 is 2.52 bits per heavy atom. The average Bonchev–Trinajstić information content (AvgIpc) is 2.90. The summed E-state index contributed by atoms with van der Waals surface area (Å²) in [6, 6.07) is 6.42. The normalized spacial score (nSPS) is 26.0. The van der Waals surface area contributed by atoms with E-state index in [0.717, 1.165) is 47.3 Å². The molecular formula is C16H23N5. The van der Waals surface area contributed by atoms with Crippen LogP contribution in [0.1, 0.15) is 44.7 Å². The molecule has 0 saturated heterocycles. The van der Waals surface area contributed by atoms with Gasteiger partial charge in [0, 0.05) is 11.3 Å². The third-order valence-electron chi connectivity index (χ3n) is 4.53. The van der Waals surface area contributed by atoms with Gasteiger partial charge in [-0.05, 0) is 60.1 Å². The highest BCUT2D eigenvalue weighted by atomic mass is 15.5. The van der Waals surface area contributed by atoms with Crippen molar-refractivity contribution in [1.29, 1.82) is 0 Å². The molecule has 1 aliphatic rings. The zero-order valence-corrected chi connectivity index (χ0v) is 13.0. The van der Waals surface area contributed by atoms with Gasteiger partial charge in [0.25, 0.3) is 0 Å². The van der Waals surface area contributed by atoms with E-state index in [-0.39, 0.29) is 0 Å². The Balaban J connectivity index is 1.95. The second-order valence-electron chi connectivity index (χ2n) is 6.59. The van der Waals surface area contributed by atoms with Crippen LogP contribution in [0.25, 0.3) is 11.4 Å². The Labute approximate surface area is 125 Å². The van der Waals surface area contributed by atoms with Gasteiger partial charge in [0.1, 0.15) is 0 Å². The van der Waals surface area contributed by atoms with Crippen molar-refractivity contribution in [3.63, 3.8) is 0 Å². The summed E-state index contributed by atoms with van der Waals surface area (Å²) in [5.41, 5.74) is 8.88. The molecule has 0 amide bonds. The van der Waals surface area contributed by atoms with E-state index in [1.54, 1.807) is 0 Å². The van der Waals surface area contributed by atoms with Crippen molar-refractivity contribution in [3.8, 4) is 11.4 Å². The van der Waals surface area contributed by atoms with Crippen LogP contribution in [0.3, 0.4) is 0 Å². The van der Waals surface area contributed by atoms with E-state index in [4.69, 9.17) is 5.73 Å². The lowest BCUT2D eigenvalue weighted by molar-refractivity contribution is 0.209. The Morgan fingerprint density at radius 2 is 1.86 bits per heavy atom. The topological polar surface area (TPSA) is 69.6 Å². The van der Waals surface area contributed by atoms with E-state index in [1.807, 2.05) is 29.8 Å². The SMILES string of the molecule is Cc1ccc(-c2nnnn2C2CC(C)CC(C)C2)cc1N. The first kappa shape index (κ1) is 14.0. The molecule has 2 aromatic rings. The molecular weight excluding hydrogens is 262 g/mol. The van der Waals surface area contributed by atoms with Gasteiger partial charge in [-0.25, -0.2) is 4.68 Å². The molecule has 1 heterocycles. The predicted molar refractivity (Wildman–Crippen MR) is 83.6 cm³/mol. The largest absolute Gasteiger partial charge is 0.398 e. The van der Waals surface area contributed by atoms with Gasteiger partial charge in [-0.15, -0.1) is 5.10 Å². The number of nitrogen functional groups attached to an aromatic ring is 1. The van der Waals surface area contributed by atoms with Gasteiger partial charge >= 0.3 is 0 Å². The van der Waals surface area contributed by atoms with Crippen molar-refractivity contribution < 1.29 is 0 Å². The molecule has 0 aliphatic heterocycles. The first-order valence-corrected chi connectivity index (χ1v) is 7.69. The van der Waals surface area contributed by atoms with E-state index in [1.165, 1.54) is 6.42 Å². The van der Waals surface area contributed by atoms with Crippen LogP contribution in [0.5, 0.6) is 0 Å². The molecule has 5 heteroatoms. The van der Waals surface area contributed by atoms with Crippen LogP contribution < -0.4 is 5.73 Å². The number of aryl methyl sites for hydroxylation is 1. The fraction of sp³-hybridized carbons (Fsp3) is 0.562. The van der Waals surface area contributed by atoms with Gasteiger partial charge in [-0.3, -0.25) is 0 Å². The molecule has 1 aliphatic carbocycles. The summed E-state index contributed by atoms with van der Waals surface area (Å²) < 4.78 is 2.00. The van der Waals surface area contributed by atoms with Crippen LogP contribution in [-0.4, -0.2) is 20.2 Å². The number of aromatic nitrogens is 4. The van der Waals surface area contributed by atoms with Crippen LogP contribution >= 0.6 is 0 Å². The molecule has 0 radical (unpaired) electrons. The molecule has 2 atom stereocenters. The second kappa shape index (κ2) is 5.47. The molecule has 2 unspecified atom stereocenters. The maximum absolute atomic E-state index is 6.02. The van der Waals surface area contributed by atoms with Gasteiger partial charge in [0.05, 0.1) is 6.04 Å². The van der Waals surface area contributed by atoms with Crippen molar-refractivity contribution >= 4 is 5.69 Å². The average molecular weight is 285 g/mol. The van der Waals surface area contributed by atoms with E-state index < -0.39 is 0 Å². The van der Waals surface area contributed by atoms with E-state index in [0.29, 0.717) is 6.04 Å². The highest BCUT2D eigenvalue weighted by Crippen LogP contribution is 2.37. The number of nitrogens with zero attached hydrogens (tertiary/aromatic N) is 4. The highest BCUT2D eigenvalue weighted by Gasteiger charge is 2.28. The second-order valence-corrected chi connectivity index (χ2v) is 6.59. The highest BCUT2D eigenvalue weighted by molar-refractivity contribution is 5.63. The van der Waals surface area contributed by atoms with Gasteiger partial charge < -0.3 is 5.73 Å². The Morgan fingerprint density at radius 1 is 1.14 bits per heavy atom. The van der Waals surface area contributed by atoms with Crippen LogP contribution in [0, 0.1) is 18.8 Å². The van der Waals surface area contributed by atoms with Gasteiger partial charge in [0.2, 0.25) is 0 Å². The van der Waals surface area contributed by atoms with Gasteiger partial charge in [0.15, 0.2) is 5.82 Å². The molecule has 2 N–H and O–H groups in total. The molecule has 1 fully saturated rings. The lowest BCUT2D eigenvalue weighted by Gasteiger charge is -2.31.